The van der Waals surface area contributed by atoms with E-state index in [4.69, 9.17) is 4.74 Å². The lowest BCUT2D eigenvalue weighted by molar-refractivity contribution is 0.273. The van der Waals surface area contributed by atoms with Gasteiger partial charge in [-0.2, -0.15) is 5.10 Å². The van der Waals surface area contributed by atoms with Crippen molar-refractivity contribution in [3.8, 4) is 5.75 Å². The molecule has 4 nitrogen and oxygen atoms in total. The maximum atomic E-state index is 13.5. The molecule has 23 heavy (non-hydrogen) atoms. The van der Waals surface area contributed by atoms with Crippen LogP contribution in [0, 0.1) is 11.2 Å². The van der Waals surface area contributed by atoms with E-state index in [1.54, 1.807) is 24.5 Å². The van der Waals surface area contributed by atoms with Crippen LogP contribution in [-0.4, -0.2) is 21.4 Å². The number of benzene rings is 1. The molecule has 1 atom stereocenters. The SMILES string of the molecule is CC1(CC(CCCCOc2ccccc2F)n2cncn2)CC1. The standard InChI is InChI=1S/C18H24FN3O/c1-18(9-10-18)12-15(22-14-20-13-21-22)6-4-5-11-23-17-8-3-2-7-16(17)19/h2-3,7-8,13-15H,4-6,9-12H2,1H3. The Kier molecular flexibility index (Phi) is 4.94. The summed E-state index contributed by atoms with van der Waals surface area (Å²) in [6.07, 6.45) is 10.2. The average Bonchev–Trinajstić information content (AvgIpc) is 3.03. The number of aromatic nitrogens is 3. The van der Waals surface area contributed by atoms with Crippen LogP contribution in [0.3, 0.4) is 0 Å². The highest BCUT2D eigenvalue weighted by Crippen LogP contribution is 2.51. The number of hydrogen-bond donors (Lipinski definition) is 0. The third-order valence-corrected chi connectivity index (χ3v) is 4.67. The van der Waals surface area contributed by atoms with Crippen molar-refractivity contribution in [2.24, 2.45) is 5.41 Å². The zero-order chi connectivity index (χ0) is 16.1. The molecule has 0 amide bonds. The van der Waals surface area contributed by atoms with Gasteiger partial charge in [-0.25, -0.2) is 14.1 Å². The molecule has 2 aromatic rings. The Balaban J connectivity index is 1.43. The van der Waals surface area contributed by atoms with E-state index in [0.717, 1.165) is 25.7 Å². The predicted octanol–water partition coefficient (Wildman–Crippen LogP) is 4.40. The van der Waals surface area contributed by atoms with Gasteiger partial charge in [0.05, 0.1) is 12.6 Å². The second-order valence-electron chi connectivity index (χ2n) is 6.82. The van der Waals surface area contributed by atoms with Crippen LogP contribution >= 0.6 is 0 Å². The first-order valence-electron chi connectivity index (χ1n) is 8.38. The maximum Gasteiger partial charge on any atom is 0.165 e. The molecular formula is C18H24FN3O. The van der Waals surface area contributed by atoms with E-state index in [0.29, 0.717) is 23.8 Å². The Morgan fingerprint density at radius 3 is 2.83 bits per heavy atom. The first-order valence-corrected chi connectivity index (χ1v) is 8.38. The van der Waals surface area contributed by atoms with Gasteiger partial charge in [-0.05, 0) is 56.1 Å². The van der Waals surface area contributed by atoms with Crippen LogP contribution in [0.4, 0.5) is 4.39 Å². The fourth-order valence-electron chi connectivity index (χ4n) is 2.95. The summed E-state index contributed by atoms with van der Waals surface area (Å²) < 4.78 is 21.0. The van der Waals surface area contributed by atoms with Gasteiger partial charge in [0.25, 0.3) is 0 Å². The molecule has 0 bridgehead atoms. The van der Waals surface area contributed by atoms with Gasteiger partial charge in [-0.3, -0.25) is 0 Å². The first-order chi connectivity index (χ1) is 11.2. The molecule has 0 radical (unpaired) electrons. The van der Waals surface area contributed by atoms with Gasteiger partial charge < -0.3 is 4.74 Å². The molecule has 0 N–H and O–H groups in total. The summed E-state index contributed by atoms with van der Waals surface area (Å²) in [7, 11) is 0. The van der Waals surface area contributed by atoms with Crippen LogP contribution in [0.5, 0.6) is 5.75 Å². The number of nitrogens with zero attached hydrogens (tertiary/aromatic N) is 3. The Hall–Kier alpha value is -1.91. The van der Waals surface area contributed by atoms with Gasteiger partial charge in [-0.15, -0.1) is 0 Å². The number of rotatable bonds is 9. The summed E-state index contributed by atoms with van der Waals surface area (Å²) in [6, 6.07) is 6.95. The monoisotopic (exact) mass is 317 g/mol. The lowest BCUT2D eigenvalue weighted by Crippen LogP contribution is -2.14. The van der Waals surface area contributed by atoms with E-state index in [1.165, 1.54) is 18.9 Å². The van der Waals surface area contributed by atoms with Crippen molar-refractivity contribution in [1.82, 2.24) is 14.8 Å². The molecular weight excluding hydrogens is 293 g/mol. The quantitative estimate of drug-likeness (QED) is 0.644. The van der Waals surface area contributed by atoms with Gasteiger partial charge >= 0.3 is 0 Å². The van der Waals surface area contributed by atoms with Gasteiger partial charge in [-0.1, -0.05) is 19.1 Å². The molecule has 1 heterocycles. The lowest BCUT2D eigenvalue weighted by atomic mass is 9.95. The summed E-state index contributed by atoms with van der Waals surface area (Å²) in [5.41, 5.74) is 0.486. The summed E-state index contributed by atoms with van der Waals surface area (Å²) >= 11 is 0. The Bertz CT molecular complexity index is 610. The highest BCUT2D eigenvalue weighted by atomic mass is 19.1. The molecule has 0 spiro atoms. The number of halogens is 1. The van der Waals surface area contributed by atoms with Crippen molar-refractivity contribution in [3.63, 3.8) is 0 Å². The number of unbranched alkanes of at least 4 members (excludes halogenated alkanes) is 1. The molecule has 1 fully saturated rings. The van der Waals surface area contributed by atoms with Gasteiger partial charge in [0.1, 0.15) is 12.7 Å². The molecule has 1 saturated carbocycles. The topological polar surface area (TPSA) is 39.9 Å². The van der Waals surface area contributed by atoms with Crippen LogP contribution < -0.4 is 4.74 Å². The number of ether oxygens (including phenoxy) is 1. The predicted molar refractivity (Wildman–Crippen MR) is 86.8 cm³/mol. The smallest absolute Gasteiger partial charge is 0.165 e. The molecule has 0 saturated heterocycles. The molecule has 0 aliphatic heterocycles. The third kappa shape index (κ3) is 4.53. The van der Waals surface area contributed by atoms with Crippen LogP contribution in [-0.2, 0) is 0 Å². The van der Waals surface area contributed by atoms with Gasteiger partial charge in [0.2, 0.25) is 0 Å². The van der Waals surface area contributed by atoms with Crippen LogP contribution in [0.1, 0.15) is 51.5 Å². The van der Waals surface area contributed by atoms with Crippen LogP contribution in [0.2, 0.25) is 0 Å². The third-order valence-electron chi connectivity index (χ3n) is 4.67. The normalized spacial score (nSPS) is 17.0. The Morgan fingerprint density at radius 2 is 2.13 bits per heavy atom. The van der Waals surface area contributed by atoms with Crippen molar-refractivity contribution in [2.75, 3.05) is 6.61 Å². The molecule has 5 heteroatoms. The summed E-state index contributed by atoms with van der Waals surface area (Å²) in [6.45, 7) is 2.89. The molecule has 1 aromatic carbocycles. The van der Waals surface area contributed by atoms with Gasteiger partial charge in [0.15, 0.2) is 11.6 Å². The lowest BCUT2D eigenvalue weighted by Gasteiger charge is -2.20. The van der Waals surface area contributed by atoms with Crippen molar-refractivity contribution in [1.29, 1.82) is 0 Å². The molecule has 1 aliphatic rings. The minimum Gasteiger partial charge on any atom is -0.491 e. The molecule has 3 rings (SSSR count). The Morgan fingerprint density at radius 1 is 1.30 bits per heavy atom. The zero-order valence-corrected chi connectivity index (χ0v) is 13.6. The second kappa shape index (κ2) is 7.11. The van der Waals surface area contributed by atoms with E-state index < -0.39 is 0 Å². The summed E-state index contributed by atoms with van der Waals surface area (Å²) in [4.78, 5) is 4.07. The second-order valence-corrected chi connectivity index (χ2v) is 6.82. The van der Waals surface area contributed by atoms with E-state index in [-0.39, 0.29) is 5.82 Å². The largest absolute Gasteiger partial charge is 0.491 e. The molecule has 124 valence electrons. The molecule has 1 unspecified atom stereocenters. The molecule has 1 aromatic heterocycles. The minimum atomic E-state index is -0.297. The Labute approximate surface area is 136 Å². The van der Waals surface area contributed by atoms with Crippen molar-refractivity contribution < 1.29 is 9.13 Å². The van der Waals surface area contributed by atoms with Crippen molar-refractivity contribution >= 4 is 0 Å². The fourth-order valence-corrected chi connectivity index (χ4v) is 2.95. The van der Waals surface area contributed by atoms with Crippen LogP contribution in [0.25, 0.3) is 0 Å². The fraction of sp³-hybridized carbons (Fsp3) is 0.556. The van der Waals surface area contributed by atoms with E-state index in [1.807, 2.05) is 11.0 Å². The highest BCUT2D eigenvalue weighted by molar-refractivity contribution is 5.23. The average molecular weight is 317 g/mol. The van der Waals surface area contributed by atoms with E-state index in [9.17, 15) is 4.39 Å². The molecule has 1 aliphatic carbocycles. The van der Waals surface area contributed by atoms with Gasteiger partial charge in [0, 0.05) is 0 Å². The number of hydrogen-bond acceptors (Lipinski definition) is 3. The highest BCUT2D eigenvalue weighted by Gasteiger charge is 2.39. The zero-order valence-electron chi connectivity index (χ0n) is 13.6. The van der Waals surface area contributed by atoms with E-state index >= 15 is 0 Å². The first kappa shape index (κ1) is 16.0. The van der Waals surface area contributed by atoms with E-state index in [2.05, 4.69) is 17.0 Å². The number of para-hydroxylation sites is 1. The summed E-state index contributed by atoms with van der Waals surface area (Å²) in [5.74, 6) is 0.0421. The minimum absolute atomic E-state index is 0.297. The van der Waals surface area contributed by atoms with Crippen LogP contribution in [0.15, 0.2) is 36.9 Å². The van der Waals surface area contributed by atoms with Crippen molar-refractivity contribution in [2.45, 2.75) is 51.5 Å². The van der Waals surface area contributed by atoms with Crippen molar-refractivity contribution in [3.05, 3.63) is 42.7 Å². The summed E-state index contributed by atoms with van der Waals surface area (Å²) in [5, 5.41) is 4.31. The maximum absolute atomic E-state index is 13.5.